The maximum atomic E-state index is 14.0. The van der Waals surface area contributed by atoms with E-state index < -0.39 is 5.92 Å². The number of likely N-dealkylation sites (N-methyl/N-ethyl adjacent to an activating group) is 1. The van der Waals surface area contributed by atoms with Crippen molar-refractivity contribution in [2.45, 2.75) is 44.7 Å². The number of amides is 1. The van der Waals surface area contributed by atoms with Crippen molar-refractivity contribution in [1.29, 1.82) is 0 Å². The number of nitrogens with zero attached hydrogens (tertiary/aromatic N) is 8. The molecule has 3 aromatic heterocycles. The minimum Gasteiger partial charge on any atom is -0.491 e. The molecule has 13 heteroatoms. The van der Waals surface area contributed by atoms with E-state index in [0.717, 1.165) is 31.0 Å². The van der Waals surface area contributed by atoms with Gasteiger partial charge in [-0.1, -0.05) is 6.07 Å². The van der Waals surface area contributed by atoms with Gasteiger partial charge in [-0.25, -0.2) is 24.9 Å². The van der Waals surface area contributed by atoms with Crippen LogP contribution in [0.5, 0.6) is 11.6 Å². The molecule has 7 rings (SSSR count). The molecule has 1 aromatic carbocycles. The Balaban J connectivity index is 1.25. The molecule has 0 unspecified atom stereocenters. The molecule has 0 N–H and O–H groups in total. The van der Waals surface area contributed by atoms with Gasteiger partial charge in [-0.15, -0.1) is 0 Å². The Morgan fingerprint density at radius 3 is 2.76 bits per heavy atom. The van der Waals surface area contributed by atoms with Crippen LogP contribution in [0.1, 0.15) is 42.6 Å². The molecule has 1 aliphatic carbocycles. The second kappa shape index (κ2) is 9.71. The van der Waals surface area contributed by atoms with Crippen LogP contribution in [-0.2, 0) is 23.8 Å². The van der Waals surface area contributed by atoms with Gasteiger partial charge in [0.05, 0.1) is 37.7 Å². The number of fused-ring (bicyclic) bond motifs is 4. The molecule has 0 atom stereocenters. The average Bonchev–Trinajstić information content (AvgIpc) is 3.76. The van der Waals surface area contributed by atoms with E-state index >= 15 is 0 Å². The number of rotatable bonds is 6. The lowest BCUT2D eigenvalue weighted by Crippen LogP contribution is -2.44. The maximum absolute atomic E-state index is 14.0. The second-order valence-electron chi connectivity index (χ2n) is 10.8. The third-order valence-electron chi connectivity index (χ3n) is 7.81. The van der Waals surface area contributed by atoms with Crippen molar-refractivity contribution in [3.63, 3.8) is 0 Å². The van der Waals surface area contributed by atoms with Crippen LogP contribution in [0.15, 0.2) is 36.9 Å². The van der Waals surface area contributed by atoms with E-state index in [1.165, 1.54) is 12.5 Å². The molecular weight excluding hydrogens is 546 g/mol. The first-order valence-electron chi connectivity index (χ1n) is 13.7. The van der Waals surface area contributed by atoms with Gasteiger partial charge in [0, 0.05) is 32.6 Å². The molecule has 216 valence electrons. The number of alkyl halides is 2. The van der Waals surface area contributed by atoms with Crippen LogP contribution in [0.4, 0.5) is 20.3 Å². The van der Waals surface area contributed by atoms with Gasteiger partial charge < -0.3 is 23.8 Å². The molecule has 5 heterocycles. The number of methoxy groups -OCH3 is 1. The summed E-state index contributed by atoms with van der Waals surface area (Å²) < 4.78 is 41.3. The van der Waals surface area contributed by atoms with Crippen molar-refractivity contribution in [2.24, 2.45) is 0 Å². The van der Waals surface area contributed by atoms with E-state index in [0.29, 0.717) is 71.5 Å². The minimum absolute atomic E-state index is 0.0980. The number of carbonyl (C=O) groups excluding carboxylic acids is 1. The second-order valence-corrected chi connectivity index (χ2v) is 10.8. The van der Waals surface area contributed by atoms with E-state index in [2.05, 4.69) is 19.9 Å². The van der Waals surface area contributed by atoms with Gasteiger partial charge in [0.15, 0.2) is 11.6 Å². The van der Waals surface area contributed by atoms with Crippen molar-refractivity contribution in [3.8, 4) is 34.4 Å². The maximum Gasteiger partial charge on any atom is 0.288 e. The summed E-state index contributed by atoms with van der Waals surface area (Å²) in [7, 11) is 3.26. The third-order valence-corrected chi connectivity index (χ3v) is 7.81. The Bertz CT molecular complexity index is 1720. The normalized spacial score (nSPS) is 16.4. The zero-order chi connectivity index (χ0) is 29.2. The highest BCUT2D eigenvalue weighted by Crippen LogP contribution is 2.45. The van der Waals surface area contributed by atoms with E-state index in [-0.39, 0.29) is 18.1 Å². The molecule has 4 aromatic rings. The van der Waals surface area contributed by atoms with E-state index in [4.69, 9.17) is 14.5 Å². The fraction of sp³-hybridized carbons (Fsp3) is 0.379. The first-order chi connectivity index (χ1) is 20.2. The number of halogens is 2. The number of hydrogen-bond acceptors (Lipinski definition) is 9. The lowest BCUT2D eigenvalue weighted by molar-refractivity contribution is -0.117. The van der Waals surface area contributed by atoms with Crippen LogP contribution in [0.25, 0.3) is 22.8 Å². The Morgan fingerprint density at radius 2 is 2.00 bits per heavy atom. The van der Waals surface area contributed by atoms with Gasteiger partial charge >= 0.3 is 0 Å². The highest BCUT2D eigenvalue weighted by Gasteiger charge is 2.34. The standard InChI is InChI=1S/C29H28F2N8O3/c1-29(30,31)21-13-38-8-9-42-20-10-16(4-7-18(20)26(38)35-21)12-39-14-22(40)37(2)19-11-32-25(36-27(19)39)23-24(17-5-6-17)33-15-34-28(23)41-3/h4,7,10-11,13,15,17H,5-6,8-9,12,14H2,1-3H3. The zero-order valence-electron chi connectivity index (χ0n) is 23.3. The summed E-state index contributed by atoms with van der Waals surface area (Å²) in [6.45, 7) is 2.01. The van der Waals surface area contributed by atoms with Gasteiger partial charge in [-0.3, -0.25) is 4.79 Å². The molecule has 1 saturated carbocycles. The van der Waals surface area contributed by atoms with Crippen LogP contribution in [0, 0.1) is 0 Å². The molecule has 0 radical (unpaired) electrons. The van der Waals surface area contributed by atoms with Crippen LogP contribution in [0.2, 0.25) is 0 Å². The SMILES string of the molecule is COc1ncnc(C2CC2)c1-c1ncc2c(n1)N(Cc1ccc3c(c1)OCCn1cc(C(C)(F)F)nc1-3)CC(=O)N2C. The number of ether oxygens (including phenoxy) is 2. The summed E-state index contributed by atoms with van der Waals surface area (Å²) in [5, 5.41) is 0. The highest BCUT2D eigenvalue weighted by atomic mass is 19.3. The zero-order valence-corrected chi connectivity index (χ0v) is 23.3. The molecule has 1 fully saturated rings. The van der Waals surface area contributed by atoms with E-state index in [1.54, 1.807) is 29.8 Å². The van der Waals surface area contributed by atoms with Gasteiger partial charge in [-0.05, 0) is 30.5 Å². The summed E-state index contributed by atoms with van der Waals surface area (Å²) in [6.07, 6.45) is 6.59. The molecule has 42 heavy (non-hydrogen) atoms. The summed E-state index contributed by atoms with van der Waals surface area (Å²) >= 11 is 0. The fourth-order valence-electron chi connectivity index (χ4n) is 5.44. The Kier molecular flexibility index (Phi) is 6.06. The quantitative estimate of drug-likeness (QED) is 0.335. The highest BCUT2D eigenvalue weighted by molar-refractivity contribution is 6.02. The van der Waals surface area contributed by atoms with E-state index in [1.807, 2.05) is 23.1 Å². The van der Waals surface area contributed by atoms with Gasteiger partial charge in [0.2, 0.25) is 11.8 Å². The summed E-state index contributed by atoms with van der Waals surface area (Å²) in [4.78, 5) is 39.0. The van der Waals surface area contributed by atoms with E-state index in [9.17, 15) is 13.6 Å². The van der Waals surface area contributed by atoms with Crippen molar-refractivity contribution < 1.29 is 23.0 Å². The van der Waals surface area contributed by atoms with Crippen LogP contribution in [-0.4, -0.2) is 62.7 Å². The lowest BCUT2D eigenvalue weighted by atomic mass is 10.1. The molecule has 0 bridgehead atoms. The summed E-state index contributed by atoms with van der Waals surface area (Å²) in [5.74, 6) is -0.412. The van der Waals surface area contributed by atoms with Gasteiger partial charge in [0.1, 0.15) is 41.5 Å². The van der Waals surface area contributed by atoms with Crippen LogP contribution >= 0.6 is 0 Å². The van der Waals surface area contributed by atoms with Gasteiger partial charge in [0.25, 0.3) is 5.92 Å². The number of imidazole rings is 1. The van der Waals surface area contributed by atoms with Crippen molar-refractivity contribution in [2.75, 3.05) is 37.1 Å². The molecule has 2 aliphatic heterocycles. The molecule has 11 nitrogen and oxygen atoms in total. The first-order valence-corrected chi connectivity index (χ1v) is 13.7. The minimum atomic E-state index is -3.04. The number of anilines is 2. The summed E-state index contributed by atoms with van der Waals surface area (Å²) in [5.41, 5.74) is 3.32. The Morgan fingerprint density at radius 1 is 1.17 bits per heavy atom. The largest absolute Gasteiger partial charge is 0.491 e. The molecule has 0 saturated heterocycles. The van der Waals surface area contributed by atoms with Crippen molar-refractivity contribution >= 4 is 17.4 Å². The van der Waals surface area contributed by atoms with Gasteiger partial charge in [-0.2, -0.15) is 8.78 Å². The third kappa shape index (κ3) is 4.48. The topological polar surface area (TPSA) is 111 Å². The molecule has 3 aliphatic rings. The monoisotopic (exact) mass is 574 g/mol. The Labute approximate surface area is 240 Å². The first kappa shape index (κ1) is 26.2. The number of hydrogen-bond donors (Lipinski definition) is 0. The van der Waals surface area contributed by atoms with Crippen molar-refractivity contribution in [1.82, 2.24) is 29.5 Å². The fourth-order valence-corrected chi connectivity index (χ4v) is 5.44. The summed E-state index contributed by atoms with van der Waals surface area (Å²) in [6, 6.07) is 5.58. The Hall–Kier alpha value is -4.68. The average molecular weight is 575 g/mol. The van der Waals surface area contributed by atoms with Crippen LogP contribution < -0.4 is 19.3 Å². The van der Waals surface area contributed by atoms with Crippen molar-refractivity contribution in [3.05, 3.63) is 53.9 Å². The lowest BCUT2D eigenvalue weighted by Gasteiger charge is -2.34. The number of carbonyl (C=O) groups is 1. The predicted molar refractivity (Wildman–Crippen MR) is 149 cm³/mol. The molecular formula is C29H28F2N8O3. The number of benzene rings is 1. The van der Waals surface area contributed by atoms with Crippen LogP contribution in [0.3, 0.4) is 0 Å². The molecule has 1 amide bonds. The predicted octanol–water partition coefficient (Wildman–Crippen LogP) is 4.17. The smallest absolute Gasteiger partial charge is 0.288 e. The number of aromatic nitrogens is 6. The molecule has 0 spiro atoms.